The Morgan fingerprint density at radius 1 is 1.60 bits per heavy atom. The minimum absolute atomic E-state index is 0.0494. The molecular weight excluding hydrogens is 254 g/mol. The number of nitrogens with two attached hydrogens (primary N) is 1. The van der Waals surface area contributed by atoms with Crippen LogP contribution in [0.25, 0.3) is 0 Å². The van der Waals surface area contributed by atoms with Crippen LogP contribution in [0.4, 0.5) is 5.69 Å². The summed E-state index contributed by atoms with van der Waals surface area (Å²) in [5.74, 6) is 6.27. The highest BCUT2D eigenvalue weighted by molar-refractivity contribution is 5.97. The Labute approximate surface area is 119 Å². The molecule has 1 saturated heterocycles. The number of carbonyl (C=O) groups is 1. The summed E-state index contributed by atoms with van der Waals surface area (Å²) in [5, 5.41) is 0. The molecule has 0 saturated carbocycles. The minimum atomic E-state index is -0.0494. The monoisotopic (exact) mass is 277 g/mol. The highest BCUT2D eigenvalue weighted by Crippen LogP contribution is 2.24. The van der Waals surface area contributed by atoms with Crippen molar-refractivity contribution in [2.24, 2.45) is 5.84 Å². The summed E-state index contributed by atoms with van der Waals surface area (Å²) in [7, 11) is 0. The van der Waals surface area contributed by atoms with Crippen LogP contribution in [0.5, 0.6) is 0 Å². The van der Waals surface area contributed by atoms with Crippen molar-refractivity contribution in [2.75, 3.05) is 12.0 Å². The molecule has 1 aromatic heterocycles. The van der Waals surface area contributed by atoms with Gasteiger partial charge in [0.2, 0.25) is 0 Å². The van der Waals surface area contributed by atoms with E-state index in [-0.39, 0.29) is 11.8 Å². The number of likely N-dealkylation sites (tertiary alicyclic amines) is 1. The van der Waals surface area contributed by atoms with Gasteiger partial charge in [0.05, 0.1) is 11.9 Å². The Bertz CT molecular complexity index is 488. The van der Waals surface area contributed by atoms with Crippen molar-refractivity contribution in [2.45, 2.75) is 52.0 Å². The summed E-state index contributed by atoms with van der Waals surface area (Å²) in [6.45, 7) is 6.91. The third-order valence-corrected chi connectivity index (χ3v) is 3.79. The van der Waals surface area contributed by atoms with E-state index in [1.165, 1.54) is 0 Å². The van der Waals surface area contributed by atoms with Crippen LogP contribution in [0.3, 0.4) is 0 Å². The van der Waals surface area contributed by atoms with Crippen molar-refractivity contribution in [3.8, 4) is 0 Å². The van der Waals surface area contributed by atoms with Gasteiger partial charge >= 0.3 is 0 Å². The van der Waals surface area contributed by atoms with Crippen molar-refractivity contribution >= 4 is 11.6 Å². The number of hydrazine groups is 1. The van der Waals surface area contributed by atoms with E-state index in [4.69, 9.17) is 5.84 Å². The van der Waals surface area contributed by atoms with Crippen LogP contribution in [0.1, 0.15) is 62.3 Å². The smallest absolute Gasteiger partial charge is 0.275 e. The van der Waals surface area contributed by atoms with Gasteiger partial charge in [-0.3, -0.25) is 10.6 Å². The topological polar surface area (TPSA) is 84.1 Å². The quantitative estimate of drug-likeness (QED) is 0.648. The molecular formula is C14H23N5O. The SMILES string of the molecule is CCC1CCCN1C(=O)c1nc(C(C)C)ncc1NN. The zero-order valence-electron chi connectivity index (χ0n) is 12.4. The molecule has 1 amide bonds. The largest absolute Gasteiger partial charge is 0.334 e. The second kappa shape index (κ2) is 6.17. The Morgan fingerprint density at radius 3 is 2.95 bits per heavy atom. The molecule has 1 unspecified atom stereocenters. The molecule has 1 aliphatic heterocycles. The fraction of sp³-hybridized carbons (Fsp3) is 0.643. The summed E-state index contributed by atoms with van der Waals surface area (Å²) >= 11 is 0. The lowest BCUT2D eigenvalue weighted by Gasteiger charge is -2.24. The molecule has 0 aromatic carbocycles. The van der Waals surface area contributed by atoms with Gasteiger partial charge in [-0.2, -0.15) is 0 Å². The predicted octanol–water partition coefficient (Wildman–Crippen LogP) is 1.90. The van der Waals surface area contributed by atoms with Gasteiger partial charge < -0.3 is 10.3 Å². The van der Waals surface area contributed by atoms with Gasteiger partial charge in [0.15, 0.2) is 5.69 Å². The predicted molar refractivity (Wildman–Crippen MR) is 78.3 cm³/mol. The maximum Gasteiger partial charge on any atom is 0.275 e. The molecule has 20 heavy (non-hydrogen) atoms. The lowest BCUT2D eigenvalue weighted by Crippen LogP contribution is -2.36. The number of carbonyl (C=O) groups excluding carboxylic acids is 1. The maximum absolute atomic E-state index is 12.7. The standard InChI is InChI=1S/C14H23N5O/c1-4-10-6-5-7-19(10)14(20)12-11(18-15)8-16-13(17-12)9(2)3/h8-10,18H,4-7,15H2,1-3H3. The first kappa shape index (κ1) is 14.7. The Kier molecular flexibility index (Phi) is 4.54. The van der Waals surface area contributed by atoms with E-state index in [0.717, 1.165) is 25.8 Å². The van der Waals surface area contributed by atoms with E-state index in [9.17, 15) is 4.79 Å². The highest BCUT2D eigenvalue weighted by atomic mass is 16.2. The van der Waals surface area contributed by atoms with Crippen molar-refractivity contribution in [3.05, 3.63) is 17.7 Å². The first-order valence-corrected chi connectivity index (χ1v) is 7.23. The fourth-order valence-electron chi connectivity index (χ4n) is 2.61. The van der Waals surface area contributed by atoms with Crippen molar-refractivity contribution in [3.63, 3.8) is 0 Å². The van der Waals surface area contributed by atoms with Gasteiger partial charge in [-0.15, -0.1) is 0 Å². The first-order valence-electron chi connectivity index (χ1n) is 7.23. The van der Waals surface area contributed by atoms with Gasteiger partial charge in [0, 0.05) is 18.5 Å². The molecule has 1 aliphatic rings. The summed E-state index contributed by atoms with van der Waals surface area (Å²) in [6.07, 6.45) is 4.68. The molecule has 2 rings (SSSR count). The van der Waals surface area contributed by atoms with Crippen molar-refractivity contribution in [1.29, 1.82) is 0 Å². The second-order valence-electron chi connectivity index (χ2n) is 5.49. The van der Waals surface area contributed by atoms with Gasteiger partial charge in [0.25, 0.3) is 5.91 Å². The molecule has 2 heterocycles. The van der Waals surface area contributed by atoms with E-state index < -0.39 is 0 Å². The molecule has 3 N–H and O–H groups in total. The lowest BCUT2D eigenvalue weighted by atomic mass is 10.1. The molecule has 6 nitrogen and oxygen atoms in total. The van der Waals surface area contributed by atoms with E-state index >= 15 is 0 Å². The van der Waals surface area contributed by atoms with Crippen LogP contribution in [0, 0.1) is 0 Å². The van der Waals surface area contributed by atoms with Gasteiger partial charge in [-0.05, 0) is 19.3 Å². The van der Waals surface area contributed by atoms with Crippen LogP contribution in [0.15, 0.2) is 6.20 Å². The molecule has 0 bridgehead atoms. The third kappa shape index (κ3) is 2.75. The first-order chi connectivity index (χ1) is 9.58. The number of nitrogen functional groups attached to an aromatic ring is 1. The molecule has 0 aliphatic carbocycles. The minimum Gasteiger partial charge on any atom is -0.334 e. The van der Waals surface area contributed by atoms with E-state index in [1.54, 1.807) is 6.20 Å². The van der Waals surface area contributed by atoms with Crippen LogP contribution >= 0.6 is 0 Å². The second-order valence-corrected chi connectivity index (χ2v) is 5.49. The van der Waals surface area contributed by atoms with Gasteiger partial charge in [-0.25, -0.2) is 9.97 Å². The highest BCUT2D eigenvalue weighted by Gasteiger charge is 2.30. The van der Waals surface area contributed by atoms with Crippen LogP contribution < -0.4 is 11.3 Å². The summed E-state index contributed by atoms with van der Waals surface area (Å²) < 4.78 is 0. The fourth-order valence-corrected chi connectivity index (χ4v) is 2.61. The average Bonchev–Trinajstić information content (AvgIpc) is 2.94. The molecule has 6 heteroatoms. The Hall–Kier alpha value is -1.69. The number of rotatable bonds is 4. The average molecular weight is 277 g/mol. The number of hydrogen-bond acceptors (Lipinski definition) is 5. The van der Waals surface area contributed by atoms with Gasteiger partial charge in [-0.1, -0.05) is 20.8 Å². The summed E-state index contributed by atoms with van der Waals surface area (Å²) in [6, 6.07) is 0.311. The molecule has 1 fully saturated rings. The van der Waals surface area contributed by atoms with E-state index in [1.807, 2.05) is 18.7 Å². The zero-order valence-corrected chi connectivity index (χ0v) is 12.4. The van der Waals surface area contributed by atoms with E-state index in [0.29, 0.717) is 23.2 Å². The normalized spacial score (nSPS) is 18.6. The number of aromatic nitrogens is 2. The molecule has 1 aromatic rings. The maximum atomic E-state index is 12.7. The van der Waals surface area contributed by atoms with Crippen LogP contribution in [-0.4, -0.2) is 33.4 Å². The number of amides is 1. The van der Waals surface area contributed by atoms with E-state index in [2.05, 4.69) is 22.3 Å². The van der Waals surface area contributed by atoms with Crippen molar-refractivity contribution < 1.29 is 4.79 Å². The zero-order chi connectivity index (χ0) is 14.7. The van der Waals surface area contributed by atoms with Gasteiger partial charge in [0.1, 0.15) is 5.82 Å². The van der Waals surface area contributed by atoms with Crippen LogP contribution in [0.2, 0.25) is 0 Å². The van der Waals surface area contributed by atoms with Crippen LogP contribution in [-0.2, 0) is 0 Å². The lowest BCUT2D eigenvalue weighted by molar-refractivity contribution is 0.0728. The third-order valence-electron chi connectivity index (χ3n) is 3.79. The Morgan fingerprint density at radius 2 is 2.35 bits per heavy atom. The number of anilines is 1. The Balaban J connectivity index is 2.34. The number of nitrogens with one attached hydrogen (secondary N) is 1. The summed E-state index contributed by atoms with van der Waals surface area (Å²) in [4.78, 5) is 23.3. The molecule has 0 spiro atoms. The number of nitrogens with zero attached hydrogens (tertiary/aromatic N) is 3. The summed E-state index contributed by atoms with van der Waals surface area (Å²) in [5.41, 5.74) is 3.39. The molecule has 0 radical (unpaired) electrons. The molecule has 1 atom stereocenters. The molecule has 110 valence electrons. The van der Waals surface area contributed by atoms with Crippen molar-refractivity contribution in [1.82, 2.24) is 14.9 Å². The number of hydrogen-bond donors (Lipinski definition) is 2.